The largest absolute Gasteiger partial charge is 0.338 e. The van der Waals surface area contributed by atoms with Crippen LogP contribution in [0.4, 0.5) is 0 Å². The van der Waals surface area contributed by atoms with Gasteiger partial charge in [-0.2, -0.15) is 4.98 Å². The van der Waals surface area contributed by atoms with Crippen LogP contribution in [-0.2, 0) is 12.2 Å². The molecule has 1 fully saturated rings. The topological polar surface area (TPSA) is 73.8 Å². The molecule has 27 heavy (non-hydrogen) atoms. The molecule has 1 aromatic carbocycles. The van der Waals surface area contributed by atoms with E-state index in [9.17, 15) is 4.79 Å². The van der Waals surface area contributed by atoms with Gasteiger partial charge < -0.3 is 4.52 Å². The predicted molar refractivity (Wildman–Crippen MR) is 106 cm³/mol. The first-order valence-corrected chi connectivity index (χ1v) is 10.6. The van der Waals surface area contributed by atoms with Crippen LogP contribution >= 0.6 is 11.8 Å². The van der Waals surface area contributed by atoms with Crippen molar-refractivity contribution in [1.82, 2.24) is 19.7 Å². The third kappa shape index (κ3) is 3.93. The first kappa shape index (κ1) is 18.2. The number of hydrogen-bond donors (Lipinski definition) is 0. The van der Waals surface area contributed by atoms with Crippen molar-refractivity contribution in [1.29, 1.82) is 0 Å². The lowest BCUT2D eigenvalue weighted by atomic mass is 10.1. The van der Waals surface area contributed by atoms with E-state index in [-0.39, 0.29) is 11.6 Å². The molecule has 7 heteroatoms. The van der Waals surface area contributed by atoms with Crippen LogP contribution in [0.1, 0.15) is 57.3 Å². The van der Waals surface area contributed by atoms with E-state index < -0.39 is 0 Å². The number of thioether (sulfide) groups is 1. The summed E-state index contributed by atoms with van der Waals surface area (Å²) in [7, 11) is 0. The van der Waals surface area contributed by atoms with Gasteiger partial charge in [0, 0.05) is 12.5 Å². The minimum absolute atomic E-state index is 0.0565. The summed E-state index contributed by atoms with van der Waals surface area (Å²) in [6, 6.07) is 7.80. The Morgan fingerprint density at radius 3 is 2.78 bits per heavy atom. The quantitative estimate of drug-likeness (QED) is 0.464. The molecule has 0 N–H and O–H groups in total. The van der Waals surface area contributed by atoms with E-state index in [1.165, 1.54) is 11.8 Å². The van der Waals surface area contributed by atoms with Crippen LogP contribution in [0.25, 0.3) is 10.9 Å². The molecule has 2 aromatic heterocycles. The Morgan fingerprint density at radius 1 is 1.22 bits per heavy atom. The average Bonchev–Trinajstić information content (AvgIpc) is 3.32. The number of rotatable bonds is 6. The minimum atomic E-state index is 0.0565. The summed E-state index contributed by atoms with van der Waals surface area (Å²) in [6.45, 7) is 4.26. The van der Waals surface area contributed by atoms with Crippen molar-refractivity contribution in [3.63, 3.8) is 0 Å². The van der Waals surface area contributed by atoms with E-state index in [0.717, 1.165) is 48.6 Å². The van der Waals surface area contributed by atoms with Gasteiger partial charge in [-0.25, -0.2) is 4.98 Å². The van der Waals surface area contributed by atoms with Gasteiger partial charge in [-0.15, -0.1) is 0 Å². The van der Waals surface area contributed by atoms with Gasteiger partial charge in [0.15, 0.2) is 11.0 Å². The highest BCUT2D eigenvalue weighted by Gasteiger charge is 2.23. The molecule has 0 radical (unpaired) electrons. The fourth-order valence-electron chi connectivity index (χ4n) is 3.63. The second kappa shape index (κ2) is 7.84. The van der Waals surface area contributed by atoms with Gasteiger partial charge in [-0.3, -0.25) is 9.36 Å². The SMILES string of the molecule is CC(C)Cc1noc(CSc2nc3ccccc3c(=O)n2C2CCCC2)n1. The molecular weight excluding hydrogens is 360 g/mol. The van der Waals surface area contributed by atoms with Crippen molar-refractivity contribution in [3.05, 3.63) is 46.3 Å². The van der Waals surface area contributed by atoms with Crippen molar-refractivity contribution in [2.24, 2.45) is 5.92 Å². The molecular formula is C20H24N4O2S. The van der Waals surface area contributed by atoms with Gasteiger partial charge in [0.25, 0.3) is 5.56 Å². The summed E-state index contributed by atoms with van der Waals surface area (Å²) >= 11 is 1.50. The molecule has 0 atom stereocenters. The highest BCUT2D eigenvalue weighted by molar-refractivity contribution is 7.98. The van der Waals surface area contributed by atoms with Gasteiger partial charge in [0.1, 0.15) is 0 Å². The van der Waals surface area contributed by atoms with E-state index in [4.69, 9.17) is 9.51 Å². The first-order valence-electron chi connectivity index (χ1n) is 9.57. The third-order valence-corrected chi connectivity index (χ3v) is 5.83. The summed E-state index contributed by atoms with van der Waals surface area (Å²) in [4.78, 5) is 22.4. The van der Waals surface area contributed by atoms with Crippen LogP contribution in [0, 0.1) is 5.92 Å². The lowest BCUT2D eigenvalue weighted by molar-refractivity contribution is 0.382. The zero-order chi connectivity index (χ0) is 18.8. The van der Waals surface area contributed by atoms with Crippen LogP contribution in [0.15, 0.2) is 38.7 Å². The molecule has 1 saturated carbocycles. The number of fused-ring (bicyclic) bond motifs is 1. The van der Waals surface area contributed by atoms with Gasteiger partial charge in [0.05, 0.1) is 16.7 Å². The maximum absolute atomic E-state index is 13.1. The Bertz CT molecular complexity index is 989. The Kier molecular flexibility index (Phi) is 5.29. The van der Waals surface area contributed by atoms with E-state index in [1.807, 2.05) is 28.8 Å². The summed E-state index contributed by atoms with van der Waals surface area (Å²) in [5.74, 6) is 2.32. The molecule has 0 amide bonds. The van der Waals surface area contributed by atoms with E-state index in [2.05, 4.69) is 24.0 Å². The van der Waals surface area contributed by atoms with Crippen LogP contribution in [0.5, 0.6) is 0 Å². The lowest BCUT2D eigenvalue weighted by Gasteiger charge is -2.18. The maximum atomic E-state index is 13.1. The fraction of sp³-hybridized carbons (Fsp3) is 0.500. The van der Waals surface area contributed by atoms with Crippen LogP contribution in [0.3, 0.4) is 0 Å². The number of para-hydroxylation sites is 1. The number of benzene rings is 1. The highest BCUT2D eigenvalue weighted by atomic mass is 32.2. The average molecular weight is 385 g/mol. The second-order valence-corrected chi connectivity index (χ2v) is 8.46. The monoisotopic (exact) mass is 384 g/mol. The summed E-state index contributed by atoms with van der Waals surface area (Å²) in [6.07, 6.45) is 5.20. The summed E-state index contributed by atoms with van der Waals surface area (Å²) in [5.41, 5.74) is 0.797. The molecule has 0 unspecified atom stereocenters. The fourth-order valence-corrected chi connectivity index (χ4v) is 4.54. The van der Waals surface area contributed by atoms with Crippen LogP contribution in [0.2, 0.25) is 0 Å². The molecule has 0 bridgehead atoms. The van der Waals surface area contributed by atoms with Crippen molar-refractivity contribution >= 4 is 22.7 Å². The van der Waals surface area contributed by atoms with E-state index in [0.29, 0.717) is 22.9 Å². The lowest BCUT2D eigenvalue weighted by Crippen LogP contribution is -2.26. The van der Waals surface area contributed by atoms with Crippen LogP contribution < -0.4 is 5.56 Å². The van der Waals surface area contributed by atoms with E-state index >= 15 is 0 Å². The zero-order valence-corrected chi connectivity index (χ0v) is 16.5. The number of nitrogens with zero attached hydrogens (tertiary/aromatic N) is 4. The Hall–Kier alpha value is -2.15. The molecule has 6 nitrogen and oxygen atoms in total. The summed E-state index contributed by atoms with van der Waals surface area (Å²) < 4.78 is 7.27. The maximum Gasteiger partial charge on any atom is 0.262 e. The van der Waals surface area contributed by atoms with Crippen molar-refractivity contribution in [2.45, 2.75) is 62.9 Å². The predicted octanol–water partition coefficient (Wildman–Crippen LogP) is 4.39. The zero-order valence-electron chi connectivity index (χ0n) is 15.7. The Balaban J connectivity index is 1.64. The highest BCUT2D eigenvalue weighted by Crippen LogP contribution is 2.32. The molecule has 0 saturated heterocycles. The molecule has 1 aliphatic carbocycles. The van der Waals surface area contributed by atoms with Crippen molar-refractivity contribution in [3.8, 4) is 0 Å². The molecule has 0 aliphatic heterocycles. The van der Waals surface area contributed by atoms with Gasteiger partial charge in [-0.1, -0.05) is 55.7 Å². The van der Waals surface area contributed by atoms with Crippen molar-refractivity contribution in [2.75, 3.05) is 0 Å². The number of hydrogen-bond acceptors (Lipinski definition) is 6. The minimum Gasteiger partial charge on any atom is -0.338 e. The van der Waals surface area contributed by atoms with Crippen molar-refractivity contribution < 1.29 is 4.52 Å². The Labute approximate surface area is 162 Å². The molecule has 4 rings (SSSR count). The Morgan fingerprint density at radius 2 is 2.00 bits per heavy atom. The van der Waals surface area contributed by atoms with Crippen LogP contribution in [-0.4, -0.2) is 19.7 Å². The molecule has 1 aliphatic rings. The smallest absolute Gasteiger partial charge is 0.262 e. The van der Waals surface area contributed by atoms with Gasteiger partial charge in [-0.05, 0) is 30.9 Å². The summed E-state index contributed by atoms with van der Waals surface area (Å²) in [5, 5.41) is 5.48. The van der Waals surface area contributed by atoms with E-state index in [1.54, 1.807) is 0 Å². The van der Waals surface area contributed by atoms with Gasteiger partial charge in [0.2, 0.25) is 5.89 Å². The molecule has 2 heterocycles. The van der Waals surface area contributed by atoms with Gasteiger partial charge >= 0.3 is 0 Å². The normalized spacial score (nSPS) is 15.2. The molecule has 0 spiro atoms. The third-order valence-electron chi connectivity index (χ3n) is 4.89. The standard InChI is InChI=1S/C20H24N4O2S/c1-13(2)11-17-22-18(26-23-17)12-27-20-21-16-10-6-5-9-15(16)19(25)24(20)14-7-3-4-8-14/h5-6,9-10,13-14H,3-4,7-8,11-12H2,1-2H3. The molecule has 142 valence electrons. The number of aromatic nitrogens is 4. The first-order chi connectivity index (χ1) is 13.1. The molecule has 3 aromatic rings. The second-order valence-electron chi connectivity index (χ2n) is 7.52.